The first-order valence-corrected chi connectivity index (χ1v) is 13.1. The van der Waals surface area contributed by atoms with E-state index in [1.54, 1.807) is 23.1 Å². The van der Waals surface area contributed by atoms with Gasteiger partial charge in [0.25, 0.3) is 12.2 Å². The van der Waals surface area contributed by atoms with Crippen LogP contribution in [0.5, 0.6) is 0 Å². The standard InChI is InChI=1S/C26H27F2N9O3/c27-20(28)16-4-1-5-17(14-16)30-22(38)15-8-11-35(12-9-15)23(39)18-6-2-10-36(18)25-32-24(29)37-26(33-25)31-21(34-37)19-7-3-13-40-19/h1,3-5,7,13-15,18,20H,2,6,8-12H2,(H,30,38)(H2,29,31,32,33,34)/t18-/m0/s1. The highest BCUT2D eigenvalue weighted by atomic mass is 19.3. The lowest BCUT2D eigenvalue weighted by Gasteiger charge is -2.35. The van der Waals surface area contributed by atoms with Crippen molar-refractivity contribution in [2.24, 2.45) is 5.92 Å². The number of nitrogens with zero attached hydrogens (tertiary/aromatic N) is 7. The Balaban J connectivity index is 1.11. The van der Waals surface area contributed by atoms with E-state index in [1.165, 1.54) is 29.0 Å². The number of nitrogens with one attached hydrogen (secondary N) is 1. The Morgan fingerprint density at radius 2 is 1.88 bits per heavy atom. The van der Waals surface area contributed by atoms with Crippen LogP contribution >= 0.6 is 0 Å². The minimum Gasteiger partial charge on any atom is -0.461 e. The lowest BCUT2D eigenvalue weighted by Crippen LogP contribution is -2.49. The molecule has 0 aliphatic carbocycles. The average molecular weight is 552 g/mol. The fraction of sp³-hybridized carbons (Fsp3) is 0.385. The van der Waals surface area contributed by atoms with E-state index in [4.69, 9.17) is 10.2 Å². The van der Waals surface area contributed by atoms with Crippen molar-refractivity contribution < 1.29 is 22.8 Å². The Morgan fingerprint density at radius 3 is 2.62 bits per heavy atom. The Kier molecular flexibility index (Phi) is 6.74. The number of likely N-dealkylation sites (tertiary alicyclic amines) is 1. The number of piperidine rings is 1. The summed E-state index contributed by atoms with van der Waals surface area (Å²) in [4.78, 5) is 43.3. The number of hydrogen-bond donors (Lipinski definition) is 2. The lowest BCUT2D eigenvalue weighted by molar-refractivity contribution is -0.135. The molecular weight excluding hydrogens is 524 g/mol. The third-order valence-corrected chi connectivity index (χ3v) is 7.34. The number of carbonyl (C=O) groups is 2. The molecule has 3 aromatic heterocycles. The first-order chi connectivity index (χ1) is 19.4. The van der Waals surface area contributed by atoms with Crippen molar-refractivity contribution in [3.05, 3.63) is 48.2 Å². The summed E-state index contributed by atoms with van der Waals surface area (Å²) in [5, 5.41) is 7.05. The molecule has 2 saturated heterocycles. The highest BCUT2D eigenvalue weighted by Crippen LogP contribution is 2.28. The van der Waals surface area contributed by atoms with Gasteiger partial charge in [-0.3, -0.25) is 9.59 Å². The zero-order chi connectivity index (χ0) is 27.8. The average Bonchev–Trinajstić information content (AvgIpc) is 3.73. The number of rotatable bonds is 6. The van der Waals surface area contributed by atoms with Gasteiger partial charge in [0.2, 0.25) is 29.5 Å². The van der Waals surface area contributed by atoms with Gasteiger partial charge >= 0.3 is 0 Å². The van der Waals surface area contributed by atoms with Gasteiger partial charge in [-0.05, 0) is 49.9 Å². The van der Waals surface area contributed by atoms with Gasteiger partial charge in [-0.2, -0.15) is 19.5 Å². The zero-order valence-electron chi connectivity index (χ0n) is 21.4. The maximum absolute atomic E-state index is 13.5. The molecule has 3 N–H and O–H groups in total. The van der Waals surface area contributed by atoms with Gasteiger partial charge in [-0.1, -0.05) is 12.1 Å². The summed E-state index contributed by atoms with van der Waals surface area (Å²) in [6.45, 7) is 1.41. The van der Waals surface area contributed by atoms with Gasteiger partial charge in [0, 0.05) is 36.8 Å². The molecule has 0 unspecified atom stereocenters. The molecular formula is C26H27F2N9O3. The van der Waals surface area contributed by atoms with Crippen LogP contribution in [0.4, 0.5) is 26.4 Å². The number of nitrogen functional groups attached to an aromatic ring is 1. The van der Waals surface area contributed by atoms with Crippen molar-refractivity contribution >= 4 is 35.2 Å². The largest absolute Gasteiger partial charge is 0.461 e. The van der Waals surface area contributed by atoms with Crippen LogP contribution in [0.2, 0.25) is 0 Å². The SMILES string of the molecule is Nc1nc(N2CCC[C@H]2C(=O)N2CCC(C(=O)Nc3cccc(C(F)F)c3)CC2)nc2nc(-c3ccco3)nn12. The molecule has 2 aliphatic rings. The summed E-state index contributed by atoms with van der Waals surface area (Å²) in [6.07, 6.45) is 1.28. The fourth-order valence-electron chi connectivity index (χ4n) is 5.26. The molecule has 4 aromatic rings. The number of aromatic nitrogens is 5. The molecule has 2 aliphatic heterocycles. The molecule has 14 heteroatoms. The van der Waals surface area contributed by atoms with E-state index >= 15 is 0 Å². The summed E-state index contributed by atoms with van der Waals surface area (Å²) >= 11 is 0. The summed E-state index contributed by atoms with van der Waals surface area (Å²) in [7, 11) is 0. The monoisotopic (exact) mass is 551 g/mol. The summed E-state index contributed by atoms with van der Waals surface area (Å²) in [5.74, 6) is 0.832. The van der Waals surface area contributed by atoms with Crippen LogP contribution in [-0.2, 0) is 9.59 Å². The first kappa shape index (κ1) is 25.6. The molecule has 0 radical (unpaired) electrons. The Hall–Kier alpha value is -4.62. The van der Waals surface area contributed by atoms with Crippen LogP contribution in [0.25, 0.3) is 17.4 Å². The first-order valence-electron chi connectivity index (χ1n) is 13.1. The van der Waals surface area contributed by atoms with Gasteiger partial charge in [-0.25, -0.2) is 8.78 Å². The number of fused-ring (bicyclic) bond motifs is 1. The summed E-state index contributed by atoms with van der Waals surface area (Å²) in [6, 6.07) is 8.66. The van der Waals surface area contributed by atoms with Gasteiger partial charge in [0.15, 0.2) is 5.76 Å². The number of alkyl halides is 2. The number of furan rings is 1. The zero-order valence-corrected chi connectivity index (χ0v) is 21.4. The predicted octanol–water partition coefficient (Wildman–Crippen LogP) is 3.15. The van der Waals surface area contributed by atoms with Crippen molar-refractivity contribution in [2.75, 3.05) is 35.6 Å². The quantitative estimate of drug-likeness (QED) is 0.369. The minimum atomic E-state index is -2.61. The minimum absolute atomic E-state index is 0.0548. The van der Waals surface area contributed by atoms with Crippen molar-refractivity contribution in [2.45, 2.75) is 38.2 Å². The second-order valence-corrected chi connectivity index (χ2v) is 9.87. The highest BCUT2D eigenvalue weighted by Gasteiger charge is 2.38. The van der Waals surface area contributed by atoms with Gasteiger partial charge < -0.3 is 25.3 Å². The number of hydrogen-bond acceptors (Lipinski definition) is 9. The number of benzene rings is 1. The molecule has 40 heavy (non-hydrogen) atoms. The molecule has 5 heterocycles. The molecule has 0 bridgehead atoms. The molecule has 12 nitrogen and oxygen atoms in total. The second kappa shape index (κ2) is 10.5. The van der Waals surface area contributed by atoms with Gasteiger partial charge in [-0.15, -0.1) is 5.10 Å². The lowest BCUT2D eigenvalue weighted by atomic mass is 9.95. The van der Waals surface area contributed by atoms with Crippen LogP contribution in [-0.4, -0.2) is 67.0 Å². The molecule has 0 saturated carbocycles. The second-order valence-electron chi connectivity index (χ2n) is 9.87. The van der Waals surface area contributed by atoms with Crippen molar-refractivity contribution in [3.63, 3.8) is 0 Å². The number of anilines is 3. The Bertz CT molecular complexity index is 1530. The number of carbonyl (C=O) groups excluding carboxylic acids is 2. The van der Waals surface area contributed by atoms with E-state index in [0.717, 1.165) is 6.42 Å². The van der Waals surface area contributed by atoms with Crippen LogP contribution in [0.1, 0.15) is 37.7 Å². The Morgan fingerprint density at radius 1 is 1.05 bits per heavy atom. The molecule has 6 rings (SSSR count). The van der Waals surface area contributed by atoms with E-state index in [9.17, 15) is 18.4 Å². The Labute approximate surface area is 227 Å². The normalized spacial score (nSPS) is 18.1. The van der Waals surface area contributed by atoms with E-state index in [1.807, 2.05) is 4.90 Å². The van der Waals surface area contributed by atoms with Crippen LogP contribution in [0.3, 0.4) is 0 Å². The topological polar surface area (TPSA) is 148 Å². The number of halogens is 2. The molecule has 208 valence electrons. The number of nitrogens with two attached hydrogens (primary N) is 1. The summed E-state index contributed by atoms with van der Waals surface area (Å²) in [5.41, 5.74) is 6.35. The summed E-state index contributed by atoms with van der Waals surface area (Å²) < 4.78 is 32.7. The van der Waals surface area contributed by atoms with E-state index in [-0.39, 0.29) is 35.0 Å². The van der Waals surface area contributed by atoms with Crippen molar-refractivity contribution in [3.8, 4) is 11.6 Å². The third-order valence-electron chi connectivity index (χ3n) is 7.34. The van der Waals surface area contributed by atoms with Gasteiger partial charge in [0.1, 0.15) is 6.04 Å². The molecule has 2 fully saturated rings. The molecule has 0 spiro atoms. The van der Waals surface area contributed by atoms with E-state index in [2.05, 4.69) is 25.4 Å². The van der Waals surface area contributed by atoms with Crippen LogP contribution in [0, 0.1) is 5.92 Å². The van der Waals surface area contributed by atoms with Gasteiger partial charge in [0.05, 0.1) is 6.26 Å². The molecule has 2 amide bonds. The number of amides is 2. The van der Waals surface area contributed by atoms with Crippen molar-refractivity contribution in [1.29, 1.82) is 0 Å². The highest BCUT2D eigenvalue weighted by molar-refractivity contribution is 5.93. The third kappa shape index (κ3) is 4.92. The maximum atomic E-state index is 13.5. The molecule has 1 aromatic carbocycles. The van der Waals surface area contributed by atoms with E-state index in [0.29, 0.717) is 62.1 Å². The van der Waals surface area contributed by atoms with Crippen LogP contribution in [0.15, 0.2) is 47.1 Å². The fourth-order valence-corrected chi connectivity index (χ4v) is 5.26. The predicted molar refractivity (Wildman–Crippen MR) is 140 cm³/mol. The maximum Gasteiger partial charge on any atom is 0.263 e. The van der Waals surface area contributed by atoms with Crippen molar-refractivity contribution in [1.82, 2.24) is 29.5 Å². The molecule has 1 atom stereocenters. The smallest absolute Gasteiger partial charge is 0.263 e. The van der Waals surface area contributed by atoms with E-state index < -0.39 is 12.5 Å². The van der Waals surface area contributed by atoms with Crippen LogP contribution < -0.4 is 16.0 Å².